The van der Waals surface area contributed by atoms with Crippen molar-refractivity contribution in [2.75, 3.05) is 0 Å². The van der Waals surface area contributed by atoms with Gasteiger partial charge in [-0.25, -0.2) is 0 Å². The van der Waals surface area contributed by atoms with Gasteiger partial charge < -0.3 is 19.4 Å². The second kappa shape index (κ2) is 5.70. The van der Waals surface area contributed by atoms with Crippen molar-refractivity contribution in [3.05, 3.63) is 27.8 Å². The summed E-state index contributed by atoms with van der Waals surface area (Å²) in [7, 11) is -1.99. The van der Waals surface area contributed by atoms with Crippen LogP contribution in [0.4, 0.5) is 5.69 Å². The van der Waals surface area contributed by atoms with Gasteiger partial charge in [0.05, 0.1) is 11.0 Å². The molecule has 1 rings (SSSR count). The summed E-state index contributed by atoms with van der Waals surface area (Å²) in [6, 6.07) is 2.53. The molecule has 0 aliphatic carbocycles. The van der Waals surface area contributed by atoms with Crippen LogP contribution in [0.25, 0.3) is 0 Å². The molecule has 0 fully saturated rings. The average Bonchev–Trinajstić information content (AvgIpc) is 2.20. The van der Waals surface area contributed by atoms with Gasteiger partial charge in [0.25, 0.3) is 0 Å². The van der Waals surface area contributed by atoms with Gasteiger partial charge in [0.1, 0.15) is 5.75 Å². The van der Waals surface area contributed by atoms with Crippen LogP contribution < -0.4 is 9.39 Å². The Bertz CT molecular complexity index is 448. The van der Waals surface area contributed by atoms with Gasteiger partial charge in [-0.05, 0) is 26.3 Å². The third kappa shape index (κ3) is 3.61. The topological polar surface area (TPSA) is 102 Å². The Morgan fingerprint density at radius 3 is 2.39 bits per heavy atom. The van der Waals surface area contributed by atoms with E-state index in [2.05, 4.69) is 0 Å². The molecular formula is C10H14BNO6. The van der Waals surface area contributed by atoms with Crippen molar-refractivity contribution in [2.24, 2.45) is 0 Å². The fourth-order valence-corrected chi connectivity index (χ4v) is 1.39. The number of nitro benzene ring substituents is 1. The molecule has 0 radical (unpaired) electrons. The van der Waals surface area contributed by atoms with E-state index < -0.39 is 12.2 Å². The molecule has 0 unspecified atom stereocenters. The van der Waals surface area contributed by atoms with Crippen LogP contribution in [-0.2, 0) is 0 Å². The van der Waals surface area contributed by atoms with E-state index in [1.807, 2.05) is 0 Å². The zero-order valence-electron chi connectivity index (χ0n) is 10.3. The van der Waals surface area contributed by atoms with Crippen molar-refractivity contribution in [3.63, 3.8) is 0 Å². The van der Waals surface area contributed by atoms with Crippen LogP contribution >= 0.6 is 0 Å². The third-order valence-electron chi connectivity index (χ3n) is 2.05. The predicted molar refractivity (Wildman–Crippen MR) is 64.4 cm³/mol. The van der Waals surface area contributed by atoms with Crippen molar-refractivity contribution in [2.45, 2.75) is 26.9 Å². The minimum absolute atomic E-state index is 0.0243. The Balaban J connectivity index is 3.21. The van der Waals surface area contributed by atoms with Gasteiger partial charge in [-0.2, -0.15) is 0 Å². The van der Waals surface area contributed by atoms with Crippen molar-refractivity contribution in [1.29, 1.82) is 0 Å². The highest BCUT2D eigenvalue weighted by Crippen LogP contribution is 2.35. The van der Waals surface area contributed by atoms with E-state index in [0.717, 1.165) is 0 Å². The van der Waals surface area contributed by atoms with Crippen molar-refractivity contribution in [3.8, 4) is 11.5 Å². The predicted octanol–water partition coefficient (Wildman–Crippen LogP) is 1.04. The summed E-state index contributed by atoms with van der Waals surface area (Å²) in [6.07, 6.45) is -0.252. The van der Waals surface area contributed by atoms with Crippen LogP contribution in [0.3, 0.4) is 0 Å². The highest BCUT2D eigenvalue weighted by molar-refractivity contribution is 6.33. The van der Waals surface area contributed by atoms with E-state index in [1.165, 1.54) is 12.1 Å². The highest BCUT2D eigenvalue weighted by atomic mass is 16.6. The van der Waals surface area contributed by atoms with E-state index in [4.69, 9.17) is 19.4 Å². The summed E-state index contributed by atoms with van der Waals surface area (Å²) in [5.41, 5.74) is 0.215. The van der Waals surface area contributed by atoms with Gasteiger partial charge in [0, 0.05) is 12.1 Å². The molecule has 7 nitrogen and oxygen atoms in total. The second-order valence-corrected chi connectivity index (χ2v) is 3.95. The number of hydrogen-bond donors (Lipinski definition) is 2. The van der Waals surface area contributed by atoms with Crippen molar-refractivity contribution >= 4 is 13.0 Å². The standard InChI is InChI=1S/C10H14BNO6/c1-6(2)17-10-5-9(18-11(13)14)7(3)4-8(10)12(15)16/h4-6,13-14H,1-3H3. The van der Waals surface area contributed by atoms with Crippen molar-refractivity contribution in [1.82, 2.24) is 0 Å². The Hall–Kier alpha value is -1.80. The number of aryl methyl sites for hydroxylation is 1. The number of rotatable bonds is 5. The van der Waals surface area contributed by atoms with Crippen molar-refractivity contribution < 1.29 is 24.4 Å². The Morgan fingerprint density at radius 2 is 1.94 bits per heavy atom. The molecule has 0 saturated heterocycles. The molecule has 0 aliphatic rings. The fraction of sp³-hybridized carbons (Fsp3) is 0.400. The number of ether oxygens (including phenoxy) is 1. The minimum atomic E-state index is -1.99. The number of hydrogen-bond acceptors (Lipinski definition) is 6. The molecule has 8 heteroatoms. The van der Waals surface area contributed by atoms with Crippen LogP contribution in [0.5, 0.6) is 11.5 Å². The normalized spacial score (nSPS) is 10.3. The Morgan fingerprint density at radius 1 is 1.33 bits per heavy atom. The van der Waals surface area contributed by atoms with Crippen LogP contribution in [0, 0.1) is 17.0 Å². The molecule has 0 amide bonds. The molecule has 98 valence electrons. The average molecular weight is 255 g/mol. The molecular weight excluding hydrogens is 241 g/mol. The number of nitrogens with zero attached hydrogens (tertiary/aromatic N) is 1. The lowest BCUT2D eigenvalue weighted by Gasteiger charge is -2.13. The Labute approximate surface area is 104 Å². The third-order valence-corrected chi connectivity index (χ3v) is 2.05. The van der Waals surface area contributed by atoms with Gasteiger partial charge in [-0.15, -0.1) is 0 Å². The lowest BCUT2D eigenvalue weighted by molar-refractivity contribution is -0.386. The molecule has 0 atom stereocenters. The van der Waals surface area contributed by atoms with Gasteiger partial charge in [-0.3, -0.25) is 10.1 Å². The SMILES string of the molecule is Cc1cc([N+](=O)[O-])c(OC(C)C)cc1OB(O)O. The van der Waals surface area contributed by atoms with Crippen LogP contribution in [0.1, 0.15) is 19.4 Å². The summed E-state index contributed by atoms with van der Waals surface area (Å²) < 4.78 is 10.0. The van der Waals surface area contributed by atoms with Gasteiger partial charge in [0.2, 0.25) is 5.75 Å². The second-order valence-electron chi connectivity index (χ2n) is 3.95. The van der Waals surface area contributed by atoms with Gasteiger partial charge >= 0.3 is 13.0 Å². The summed E-state index contributed by atoms with van der Waals surface area (Å²) >= 11 is 0. The number of nitro groups is 1. The smallest absolute Gasteiger partial charge is 0.512 e. The van der Waals surface area contributed by atoms with Crippen LogP contribution in [-0.4, -0.2) is 28.4 Å². The summed E-state index contributed by atoms with van der Waals surface area (Å²) in [5.74, 6) is 0.141. The quantitative estimate of drug-likeness (QED) is 0.463. The molecule has 0 heterocycles. The molecule has 1 aromatic carbocycles. The van der Waals surface area contributed by atoms with E-state index >= 15 is 0 Å². The first-order chi connectivity index (χ1) is 8.31. The maximum Gasteiger partial charge on any atom is 0.707 e. The summed E-state index contributed by atoms with van der Waals surface area (Å²) in [4.78, 5) is 10.3. The lowest BCUT2D eigenvalue weighted by Crippen LogP contribution is -2.21. The monoisotopic (exact) mass is 255 g/mol. The zero-order valence-corrected chi connectivity index (χ0v) is 10.3. The zero-order chi connectivity index (χ0) is 13.9. The summed E-state index contributed by atoms with van der Waals surface area (Å²) in [5, 5.41) is 28.4. The lowest BCUT2D eigenvalue weighted by atomic mass is 10.1. The molecule has 1 aromatic rings. The first-order valence-corrected chi connectivity index (χ1v) is 5.29. The minimum Gasteiger partial charge on any atom is -0.512 e. The fourth-order valence-electron chi connectivity index (χ4n) is 1.39. The highest BCUT2D eigenvalue weighted by Gasteiger charge is 2.22. The van der Waals surface area contributed by atoms with E-state index in [9.17, 15) is 10.1 Å². The van der Waals surface area contributed by atoms with Gasteiger partial charge in [0.15, 0.2) is 0 Å². The molecule has 2 N–H and O–H groups in total. The molecule has 0 bridgehead atoms. The first-order valence-electron chi connectivity index (χ1n) is 5.29. The molecule has 0 spiro atoms. The maximum absolute atomic E-state index is 10.9. The van der Waals surface area contributed by atoms with E-state index in [0.29, 0.717) is 5.56 Å². The molecule has 0 aliphatic heterocycles. The van der Waals surface area contributed by atoms with Crippen LogP contribution in [0.2, 0.25) is 0 Å². The molecule has 0 saturated carbocycles. The molecule has 0 aromatic heterocycles. The van der Waals surface area contributed by atoms with Gasteiger partial charge in [-0.1, -0.05) is 0 Å². The van der Waals surface area contributed by atoms with E-state index in [1.54, 1.807) is 20.8 Å². The Kier molecular flexibility index (Phi) is 4.52. The molecule has 18 heavy (non-hydrogen) atoms. The number of benzene rings is 1. The largest absolute Gasteiger partial charge is 0.707 e. The maximum atomic E-state index is 10.9. The van der Waals surface area contributed by atoms with E-state index in [-0.39, 0.29) is 23.3 Å². The first kappa shape index (κ1) is 14.3. The van der Waals surface area contributed by atoms with Crippen LogP contribution in [0.15, 0.2) is 12.1 Å². The summed E-state index contributed by atoms with van der Waals surface area (Å²) in [6.45, 7) is 5.01.